The summed E-state index contributed by atoms with van der Waals surface area (Å²) in [5.41, 5.74) is 6.49. The van der Waals surface area contributed by atoms with Crippen LogP contribution in [0.25, 0.3) is 0 Å². The van der Waals surface area contributed by atoms with E-state index in [4.69, 9.17) is 11.0 Å². The number of nitrogens with one attached hydrogen (secondary N) is 1. The van der Waals surface area contributed by atoms with Gasteiger partial charge in [-0.2, -0.15) is 5.26 Å². The molecule has 15 heavy (non-hydrogen) atoms. The maximum absolute atomic E-state index is 11.0. The fraction of sp³-hybridized carbons (Fsp3) is 0.273. The Balaban J connectivity index is 2.80. The first-order chi connectivity index (χ1) is 7.17. The number of rotatable bonds is 4. The molecule has 0 aliphatic carbocycles. The zero-order valence-corrected chi connectivity index (χ0v) is 8.53. The van der Waals surface area contributed by atoms with E-state index in [0.717, 1.165) is 5.69 Å². The summed E-state index contributed by atoms with van der Waals surface area (Å²) in [5.74, 6) is -0.389. The van der Waals surface area contributed by atoms with E-state index in [1.807, 2.05) is 13.0 Å². The van der Waals surface area contributed by atoms with Crippen LogP contribution in [-0.4, -0.2) is 11.9 Å². The Kier molecular flexibility index (Phi) is 3.69. The van der Waals surface area contributed by atoms with E-state index in [9.17, 15) is 4.79 Å². The molecular formula is C11H13N3O. The number of hydrogen-bond acceptors (Lipinski definition) is 3. The van der Waals surface area contributed by atoms with Crippen LogP contribution in [0, 0.1) is 11.3 Å². The van der Waals surface area contributed by atoms with Crippen LogP contribution in [0.1, 0.15) is 18.9 Å². The van der Waals surface area contributed by atoms with Crippen molar-refractivity contribution in [2.75, 3.05) is 5.32 Å². The highest BCUT2D eigenvalue weighted by atomic mass is 16.1. The molecule has 1 amide bonds. The van der Waals surface area contributed by atoms with Gasteiger partial charge in [0.05, 0.1) is 11.6 Å². The second-order valence-corrected chi connectivity index (χ2v) is 3.20. The molecule has 1 aromatic carbocycles. The van der Waals surface area contributed by atoms with E-state index in [1.165, 1.54) is 0 Å². The van der Waals surface area contributed by atoms with Crippen molar-refractivity contribution in [3.05, 3.63) is 29.8 Å². The van der Waals surface area contributed by atoms with E-state index < -0.39 is 0 Å². The summed E-state index contributed by atoms with van der Waals surface area (Å²) in [4.78, 5) is 11.0. The molecule has 78 valence electrons. The number of hydrogen-bond donors (Lipinski definition) is 2. The molecule has 0 heterocycles. The topological polar surface area (TPSA) is 78.9 Å². The summed E-state index contributed by atoms with van der Waals surface area (Å²) in [7, 11) is 0. The number of carbonyl (C=O) groups is 1. The Morgan fingerprint density at radius 2 is 2.40 bits per heavy atom. The van der Waals surface area contributed by atoms with Crippen LogP contribution in [0.4, 0.5) is 5.69 Å². The van der Waals surface area contributed by atoms with Crippen molar-refractivity contribution in [1.29, 1.82) is 5.26 Å². The second-order valence-electron chi connectivity index (χ2n) is 3.20. The third-order valence-electron chi connectivity index (χ3n) is 2.08. The molecule has 1 atom stereocenters. The minimum absolute atomic E-state index is 0.389. The first-order valence-corrected chi connectivity index (χ1v) is 4.73. The van der Waals surface area contributed by atoms with Crippen molar-refractivity contribution in [2.45, 2.75) is 19.4 Å². The molecule has 0 fully saturated rings. The van der Waals surface area contributed by atoms with Crippen LogP contribution in [0.5, 0.6) is 0 Å². The molecule has 4 nitrogen and oxygen atoms in total. The number of amides is 1. The second kappa shape index (κ2) is 5.01. The van der Waals surface area contributed by atoms with Gasteiger partial charge in [-0.25, -0.2) is 0 Å². The van der Waals surface area contributed by atoms with Gasteiger partial charge in [-0.05, 0) is 24.6 Å². The molecule has 1 unspecified atom stereocenters. The maximum atomic E-state index is 11.0. The summed E-state index contributed by atoms with van der Waals surface area (Å²) in [5, 5.41) is 11.7. The van der Waals surface area contributed by atoms with Crippen LogP contribution in [0.3, 0.4) is 0 Å². The van der Waals surface area contributed by atoms with E-state index in [2.05, 4.69) is 5.32 Å². The van der Waals surface area contributed by atoms with Gasteiger partial charge >= 0.3 is 0 Å². The highest BCUT2D eigenvalue weighted by molar-refractivity contribution is 5.82. The fourth-order valence-electron chi connectivity index (χ4n) is 1.25. The number of benzene rings is 1. The average molecular weight is 203 g/mol. The van der Waals surface area contributed by atoms with Gasteiger partial charge in [-0.3, -0.25) is 4.79 Å². The molecule has 0 bridgehead atoms. The number of carbonyl (C=O) groups excluding carboxylic acids is 1. The van der Waals surface area contributed by atoms with Gasteiger partial charge in [-0.1, -0.05) is 13.0 Å². The first-order valence-electron chi connectivity index (χ1n) is 4.73. The zero-order chi connectivity index (χ0) is 11.3. The van der Waals surface area contributed by atoms with Gasteiger partial charge in [0.25, 0.3) is 0 Å². The van der Waals surface area contributed by atoms with Gasteiger partial charge < -0.3 is 11.1 Å². The fourth-order valence-corrected chi connectivity index (χ4v) is 1.25. The molecule has 1 aromatic rings. The third kappa shape index (κ3) is 2.99. The molecule has 0 saturated carbocycles. The smallest absolute Gasteiger partial charge is 0.239 e. The molecule has 0 aliphatic rings. The number of nitriles is 1. The monoisotopic (exact) mass is 203 g/mol. The Hall–Kier alpha value is -2.02. The summed E-state index contributed by atoms with van der Waals surface area (Å²) in [6.07, 6.45) is 0.617. The molecule has 0 spiro atoms. The molecule has 0 aromatic heterocycles. The Morgan fingerprint density at radius 3 is 2.93 bits per heavy atom. The first kappa shape index (κ1) is 11.1. The quantitative estimate of drug-likeness (QED) is 0.772. The van der Waals surface area contributed by atoms with Crippen molar-refractivity contribution in [1.82, 2.24) is 0 Å². The highest BCUT2D eigenvalue weighted by Crippen LogP contribution is 2.11. The Morgan fingerprint density at radius 1 is 1.67 bits per heavy atom. The number of primary amides is 1. The van der Waals surface area contributed by atoms with E-state index >= 15 is 0 Å². The summed E-state index contributed by atoms with van der Waals surface area (Å²) >= 11 is 0. The summed E-state index contributed by atoms with van der Waals surface area (Å²) in [6, 6.07) is 8.59. The van der Waals surface area contributed by atoms with Crippen LogP contribution < -0.4 is 11.1 Å². The van der Waals surface area contributed by atoms with Crippen LogP contribution in [0.2, 0.25) is 0 Å². The lowest BCUT2D eigenvalue weighted by Gasteiger charge is -2.14. The van der Waals surface area contributed by atoms with Crippen molar-refractivity contribution in [2.24, 2.45) is 5.73 Å². The normalized spacial score (nSPS) is 11.5. The predicted octanol–water partition coefficient (Wildman–Crippen LogP) is 1.23. The van der Waals surface area contributed by atoms with E-state index in [0.29, 0.717) is 12.0 Å². The highest BCUT2D eigenvalue weighted by Gasteiger charge is 2.11. The lowest BCUT2D eigenvalue weighted by atomic mass is 10.1. The van der Waals surface area contributed by atoms with Crippen LogP contribution in [-0.2, 0) is 4.79 Å². The molecule has 1 rings (SSSR count). The zero-order valence-electron chi connectivity index (χ0n) is 8.53. The van der Waals surface area contributed by atoms with Crippen molar-refractivity contribution >= 4 is 11.6 Å². The van der Waals surface area contributed by atoms with Crippen LogP contribution in [0.15, 0.2) is 24.3 Å². The molecular weight excluding hydrogens is 190 g/mol. The third-order valence-corrected chi connectivity index (χ3v) is 2.08. The number of nitrogens with two attached hydrogens (primary N) is 1. The average Bonchev–Trinajstić information content (AvgIpc) is 2.25. The van der Waals surface area contributed by atoms with E-state index in [-0.39, 0.29) is 11.9 Å². The van der Waals surface area contributed by atoms with Crippen LogP contribution >= 0.6 is 0 Å². The number of nitrogens with zero attached hydrogens (tertiary/aromatic N) is 1. The minimum atomic E-state index is -0.390. The van der Waals surface area contributed by atoms with Gasteiger partial charge in [0, 0.05) is 5.69 Å². The van der Waals surface area contributed by atoms with E-state index in [1.54, 1.807) is 24.3 Å². The molecule has 0 aliphatic heterocycles. The Bertz CT molecular complexity index is 395. The van der Waals surface area contributed by atoms with Gasteiger partial charge in [-0.15, -0.1) is 0 Å². The molecule has 0 radical (unpaired) electrons. The number of anilines is 1. The maximum Gasteiger partial charge on any atom is 0.239 e. The lowest BCUT2D eigenvalue weighted by Crippen LogP contribution is -2.34. The van der Waals surface area contributed by atoms with Gasteiger partial charge in [0.15, 0.2) is 0 Å². The Labute approximate surface area is 88.7 Å². The van der Waals surface area contributed by atoms with Crippen molar-refractivity contribution < 1.29 is 4.79 Å². The molecule has 4 heteroatoms. The minimum Gasteiger partial charge on any atom is -0.374 e. The predicted molar refractivity (Wildman–Crippen MR) is 58.1 cm³/mol. The summed E-state index contributed by atoms with van der Waals surface area (Å²) in [6.45, 7) is 1.87. The largest absolute Gasteiger partial charge is 0.374 e. The molecule has 3 N–H and O–H groups in total. The SMILES string of the molecule is CCC(Nc1cccc(C#N)c1)C(N)=O. The van der Waals surface area contributed by atoms with Crippen molar-refractivity contribution in [3.8, 4) is 6.07 Å². The molecule has 0 saturated heterocycles. The standard InChI is InChI=1S/C11H13N3O/c1-2-10(11(13)15)14-9-5-3-4-8(6-9)7-12/h3-6,10,14H,2H2,1H3,(H2,13,15). The van der Waals surface area contributed by atoms with Gasteiger partial charge in [0.1, 0.15) is 6.04 Å². The summed E-state index contributed by atoms with van der Waals surface area (Å²) < 4.78 is 0. The lowest BCUT2D eigenvalue weighted by molar-refractivity contribution is -0.118. The van der Waals surface area contributed by atoms with Gasteiger partial charge in [0.2, 0.25) is 5.91 Å². The van der Waals surface area contributed by atoms with Crippen molar-refractivity contribution in [3.63, 3.8) is 0 Å².